The normalized spacial score (nSPS) is 13.1. The van der Waals surface area contributed by atoms with Crippen LogP contribution in [0.15, 0.2) is 58.1 Å². The average molecular weight is 436 g/mol. The highest BCUT2D eigenvalue weighted by atomic mass is 32.1. The summed E-state index contributed by atoms with van der Waals surface area (Å²) in [5, 5.41) is 4.07. The van der Waals surface area contributed by atoms with Gasteiger partial charge in [-0.1, -0.05) is 30.3 Å². The number of thiophene rings is 1. The Morgan fingerprint density at radius 1 is 1.06 bits per heavy atom. The molecule has 0 fully saturated rings. The van der Waals surface area contributed by atoms with Gasteiger partial charge in [0.1, 0.15) is 5.56 Å². The van der Waals surface area contributed by atoms with Crippen molar-refractivity contribution in [1.82, 2.24) is 9.47 Å². The van der Waals surface area contributed by atoms with Crippen LogP contribution >= 0.6 is 11.3 Å². The molecule has 3 aromatic rings. The van der Waals surface area contributed by atoms with Gasteiger partial charge < -0.3 is 15.2 Å². The van der Waals surface area contributed by atoms with Gasteiger partial charge in [-0.25, -0.2) is 0 Å². The highest BCUT2D eigenvalue weighted by Gasteiger charge is 2.27. The number of aromatic nitrogens is 1. The minimum atomic E-state index is -0.701. The summed E-state index contributed by atoms with van der Waals surface area (Å²) in [4.78, 5) is 39.6. The highest BCUT2D eigenvalue weighted by Crippen LogP contribution is 2.22. The lowest BCUT2D eigenvalue weighted by Gasteiger charge is -2.30. The number of rotatable bonds is 7. The second-order valence-corrected chi connectivity index (χ2v) is 8.58. The summed E-state index contributed by atoms with van der Waals surface area (Å²) in [5.74, 6) is -0.618. The van der Waals surface area contributed by atoms with Crippen LogP contribution in [0.2, 0.25) is 0 Å². The van der Waals surface area contributed by atoms with E-state index in [1.54, 1.807) is 22.1 Å². The molecular weight excluding hydrogens is 410 g/mol. The first-order valence-electron chi connectivity index (χ1n) is 10.4. The van der Waals surface area contributed by atoms with E-state index in [2.05, 4.69) is 5.38 Å². The molecule has 1 aliphatic heterocycles. The lowest BCUT2D eigenvalue weighted by molar-refractivity contribution is -0.132. The number of amides is 2. The Labute approximate surface area is 184 Å². The molecule has 0 aliphatic carbocycles. The second-order valence-electron chi connectivity index (χ2n) is 7.80. The van der Waals surface area contributed by atoms with E-state index in [0.717, 1.165) is 17.5 Å². The summed E-state index contributed by atoms with van der Waals surface area (Å²) >= 11 is 1.63. The van der Waals surface area contributed by atoms with E-state index < -0.39 is 5.91 Å². The van der Waals surface area contributed by atoms with Crippen LogP contribution in [0.25, 0.3) is 0 Å². The summed E-state index contributed by atoms with van der Waals surface area (Å²) in [6.45, 7) is 1.33. The molecule has 2 amide bonds. The van der Waals surface area contributed by atoms with Crippen LogP contribution in [0.5, 0.6) is 0 Å². The number of primary amides is 1. The fourth-order valence-corrected chi connectivity index (χ4v) is 4.79. The minimum absolute atomic E-state index is 0.0657. The number of nitrogens with zero attached hydrogens (tertiary/aromatic N) is 2. The molecule has 0 saturated heterocycles. The van der Waals surface area contributed by atoms with Crippen molar-refractivity contribution >= 4 is 23.2 Å². The first-order chi connectivity index (χ1) is 15.0. The number of fused-ring (bicyclic) bond motifs is 1. The van der Waals surface area contributed by atoms with Gasteiger partial charge in [-0.15, -0.1) is 0 Å². The number of aryl methyl sites for hydroxylation is 3. The van der Waals surface area contributed by atoms with E-state index in [1.807, 2.05) is 46.7 Å². The van der Waals surface area contributed by atoms with Gasteiger partial charge in [-0.05, 0) is 58.3 Å². The van der Waals surface area contributed by atoms with Crippen LogP contribution in [-0.4, -0.2) is 27.8 Å². The van der Waals surface area contributed by atoms with Crippen LogP contribution in [0.4, 0.5) is 0 Å². The molecule has 2 aromatic heterocycles. The summed E-state index contributed by atoms with van der Waals surface area (Å²) in [7, 11) is 0. The van der Waals surface area contributed by atoms with Crippen molar-refractivity contribution in [3.63, 3.8) is 0 Å². The maximum atomic E-state index is 12.9. The van der Waals surface area contributed by atoms with Gasteiger partial charge >= 0.3 is 0 Å². The molecule has 0 unspecified atom stereocenters. The van der Waals surface area contributed by atoms with Crippen molar-refractivity contribution < 1.29 is 9.59 Å². The van der Waals surface area contributed by atoms with Crippen LogP contribution < -0.4 is 11.3 Å². The number of benzene rings is 1. The topological polar surface area (TPSA) is 85.4 Å². The maximum absolute atomic E-state index is 12.9. The molecule has 31 heavy (non-hydrogen) atoms. The van der Waals surface area contributed by atoms with E-state index in [1.165, 1.54) is 5.56 Å². The lowest BCUT2D eigenvalue weighted by atomic mass is 9.95. The third-order valence-corrected chi connectivity index (χ3v) is 6.49. The number of carbonyl (C=O) groups is 2. The van der Waals surface area contributed by atoms with E-state index in [0.29, 0.717) is 44.5 Å². The molecule has 6 nitrogen and oxygen atoms in total. The Kier molecular flexibility index (Phi) is 6.32. The van der Waals surface area contributed by atoms with Gasteiger partial charge in [0.2, 0.25) is 5.91 Å². The Balaban J connectivity index is 1.54. The van der Waals surface area contributed by atoms with Gasteiger partial charge in [0.25, 0.3) is 11.5 Å². The number of carbonyl (C=O) groups excluding carboxylic acids is 2. The fraction of sp³-hybridized carbons (Fsp3) is 0.292. The molecular formula is C24H25N3O3S. The molecule has 2 N–H and O–H groups in total. The van der Waals surface area contributed by atoms with Crippen LogP contribution in [0, 0.1) is 0 Å². The number of hydrogen-bond donors (Lipinski definition) is 1. The number of pyridine rings is 1. The van der Waals surface area contributed by atoms with Crippen molar-refractivity contribution in [3.05, 3.63) is 91.5 Å². The molecule has 0 saturated carbocycles. The Bertz CT molecular complexity index is 1140. The van der Waals surface area contributed by atoms with E-state index in [9.17, 15) is 14.4 Å². The SMILES string of the molecule is NC(=O)c1c2c(cn(CCc3ccccc3)c1=O)CN(C(=O)CCc1ccsc1)CC2. The average Bonchev–Trinajstić information content (AvgIpc) is 3.30. The van der Waals surface area contributed by atoms with Gasteiger partial charge in [-0.3, -0.25) is 14.4 Å². The Hall–Kier alpha value is -3.19. The second kappa shape index (κ2) is 9.31. The van der Waals surface area contributed by atoms with Crippen LogP contribution in [0.3, 0.4) is 0 Å². The standard InChI is InChI=1S/C24H25N3O3S/c25-23(29)22-20-9-12-26(21(28)7-6-18-10-13-31-16-18)14-19(20)15-27(24(22)30)11-8-17-4-2-1-3-5-17/h1-5,10,13,15-16H,6-9,11-12,14H2,(H2,25,29). The Morgan fingerprint density at radius 3 is 2.58 bits per heavy atom. The summed E-state index contributed by atoms with van der Waals surface area (Å²) < 4.78 is 1.56. The number of nitrogens with two attached hydrogens (primary N) is 1. The predicted molar refractivity (Wildman–Crippen MR) is 121 cm³/mol. The predicted octanol–water partition coefficient (Wildman–Crippen LogP) is 2.77. The van der Waals surface area contributed by atoms with Gasteiger partial charge in [0.05, 0.1) is 0 Å². The third kappa shape index (κ3) is 4.77. The van der Waals surface area contributed by atoms with Crippen molar-refractivity contribution in [3.8, 4) is 0 Å². The minimum Gasteiger partial charge on any atom is -0.365 e. The van der Waals surface area contributed by atoms with E-state index in [-0.39, 0.29) is 17.0 Å². The summed E-state index contributed by atoms with van der Waals surface area (Å²) in [5.41, 5.74) is 9.09. The monoisotopic (exact) mass is 435 g/mol. The zero-order valence-corrected chi connectivity index (χ0v) is 18.1. The largest absolute Gasteiger partial charge is 0.365 e. The molecule has 1 aliphatic rings. The highest BCUT2D eigenvalue weighted by molar-refractivity contribution is 7.07. The smallest absolute Gasteiger partial charge is 0.263 e. The van der Waals surface area contributed by atoms with Gasteiger partial charge in [-0.2, -0.15) is 11.3 Å². The van der Waals surface area contributed by atoms with Crippen molar-refractivity contribution in [2.24, 2.45) is 5.73 Å². The molecule has 0 spiro atoms. The first-order valence-corrected chi connectivity index (χ1v) is 11.3. The lowest BCUT2D eigenvalue weighted by Crippen LogP contribution is -2.40. The van der Waals surface area contributed by atoms with Crippen molar-refractivity contribution in [1.29, 1.82) is 0 Å². The summed E-state index contributed by atoms with van der Waals surface area (Å²) in [6, 6.07) is 11.9. The molecule has 0 radical (unpaired) electrons. The molecule has 7 heteroatoms. The zero-order chi connectivity index (χ0) is 21.8. The zero-order valence-electron chi connectivity index (χ0n) is 17.3. The van der Waals surface area contributed by atoms with Gasteiger partial charge in [0.15, 0.2) is 0 Å². The quantitative estimate of drug-likeness (QED) is 0.619. The van der Waals surface area contributed by atoms with Crippen molar-refractivity contribution in [2.75, 3.05) is 6.54 Å². The maximum Gasteiger partial charge on any atom is 0.263 e. The molecule has 0 atom stereocenters. The molecule has 1 aromatic carbocycles. The van der Waals surface area contributed by atoms with Crippen molar-refractivity contribution in [2.45, 2.75) is 38.8 Å². The molecule has 160 valence electrons. The number of hydrogen-bond acceptors (Lipinski definition) is 4. The third-order valence-electron chi connectivity index (χ3n) is 5.76. The fourth-order valence-electron chi connectivity index (χ4n) is 4.08. The molecule has 4 rings (SSSR count). The summed E-state index contributed by atoms with van der Waals surface area (Å²) in [6.07, 6.45) is 4.09. The first kappa shape index (κ1) is 21.1. The molecule has 3 heterocycles. The Morgan fingerprint density at radius 2 is 1.87 bits per heavy atom. The van der Waals surface area contributed by atoms with Crippen LogP contribution in [-0.2, 0) is 37.1 Å². The molecule has 0 bridgehead atoms. The van der Waals surface area contributed by atoms with Gasteiger partial charge in [0, 0.05) is 32.3 Å². The van der Waals surface area contributed by atoms with E-state index in [4.69, 9.17) is 5.73 Å². The van der Waals surface area contributed by atoms with E-state index >= 15 is 0 Å². The van der Waals surface area contributed by atoms with Crippen LogP contribution in [0.1, 0.15) is 39.0 Å².